The summed E-state index contributed by atoms with van der Waals surface area (Å²) in [5.41, 5.74) is 2.44. The summed E-state index contributed by atoms with van der Waals surface area (Å²) in [5, 5.41) is 23.5. The van der Waals surface area contributed by atoms with Gasteiger partial charge < -0.3 is 20.2 Å². The quantitative estimate of drug-likeness (QED) is 0.331. The van der Waals surface area contributed by atoms with E-state index in [9.17, 15) is 19.8 Å². The molecule has 5 rings (SSSR count). The van der Waals surface area contributed by atoms with E-state index >= 15 is 0 Å². The highest BCUT2D eigenvalue weighted by molar-refractivity contribution is 6.48. The SMILES string of the molecule is CCc1[nH]c2ccccc2c1C1=C(O)C(=O)C(c2c[nH]c3cc(Cl)ccc23)=C(O)C1=O. The molecule has 0 saturated carbocycles. The van der Waals surface area contributed by atoms with Gasteiger partial charge in [0.15, 0.2) is 11.5 Å². The number of allylic oxidation sites excluding steroid dienone is 2. The Hall–Kier alpha value is -3.77. The minimum atomic E-state index is -0.810. The largest absolute Gasteiger partial charge is 0.504 e. The van der Waals surface area contributed by atoms with E-state index in [2.05, 4.69) is 9.97 Å². The lowest BCUT2D eigenvalue weighted by atomic mass is 9.85. The Morgan fingerprint density at radius 2 is 1.61 bits per heavy atom. The molecule has 154 valence electrons. The van der Waals surface area contributed by atoms with Gasteiger partial charge in [-0.05, 0) is 24.6 Å². The number of para-hydroxylation sites is 1. The highest BCUT2D eigenvalue weighted by Gasteiger charge is 2.38. The monoisotopic (exact) mass is 432 g/mol. The third kappa shape index (κ3) is 2.72. The molecule has 0 aliphatic heterocycles. The molecule has 0 spiro atoms. The lowest BCUT2D eigenvalue weighted by Crippen LogP contribution is -2.23. The van der Waals surface area contributed by atoms with E-state index in [1.165, 1.54) is 6.20 Å². The van der Waals surface area contributed by atoms with Crippen LogP contribution >= 0.6 is 11.6 Å². The topological polar surface area (TPSA) is 106 Å². The van der Waals surface area contributed by atoms with Crippen molar-refractivity contribution in [2.45, 2.75) is 13.3 Å². The van der Waals surface area contributed by atoms with Gasteiger partial charge in [-0.15, -0.1) is 0 Å². The van der Waals surface area contributed by atoms with Crippen molar-refractivity contribution in [3.8, 4) is 0 Å². The fourth-order valence-corrected chi connectivity index (χ4v) is 4.39. The summed E-state index contributed by atoms with van der Waals surface area (Å²) in [5.74, 6) is -2.98. The number of carbonyl (C=O) groups is 2. The molecule has 4 aromatic rings. The number of benzene rings is 2. The minimum absolute atomic E-state index is 0.191. The first-order valence-electron chi connectivity index (χ1n) is 9.75. The average molecular weight is 433 g/mol. The lowest BCUT2D eigenvalue weighted by Gasteiger charge is -2.18. The Kier molecular flexibility index (Phi) is 4.27. The normalized spacial score (nSPS) is 15.0. The summed E-state index contributed by atoms with van der Waals surface area (Å²) in [6.07, 6.45) is 2.06. The number of rotatable bonds is 3. The fourth-order valence-electron chi connectivity index (χ4n) is 4.21. The van der Waals surface area contributed by atoms with Gasteiger partial charge in [-0.25, -0.2) is 0 Å². The predicted octanol–water partition coefficient (Wildman–Crippen LogP) is 5.26. The van der Waals surface area contributed by atoms with E-state index in [4.69, 9.17) is 11.6 Å². The van der Waals surface area contributed by atoms with Crippen molar-refractivity contribution in [1.82, 2.24) is 9.97 Å². The first-order valence-corrected chi connectivity index (χ1v) is 10.1. The molecule has 2 aromatic carbocycles. The van der Waals surface area contributed by atoms with Crippen molar-refractivity contribution < 1.29 is 19.8 Å². The summed E-state index contributed by atoms with van der Waals surface area (Å²) in [4.78, 5) is 32.7. The second-order valence-electron chi connectivity index (χ2n) is 7.38. The van der Waals surface area contributed by atoms with E-state index in [0.717, 1.165) is 5.52 Å². The van der Waals surface area contributed by atoms with Crippen molar-refractivity contribution in [2.24, 2.45) is 0 Å². The first kappa shape index (κ1) is 19.2. The Morgan fingerprint density at radius 1 is 0.903 bits per heavy atom. The second kappa shape index (κ2) is 6.89. The molecule has 2 heterocycles. The Morgan fingerprint density at radius 3 is 2.39 bits per heavy atom. The third-order valence-corrected chi connectivity index (χ3v) is 5.89. The van der Waals surface area contributed by atoms with Crippen LogP contribution in [0.1, 0.15) is 23.7 Å². The standard InChI is InChI=1S/C24H17ClN2O4/c1-2-15-18(13-5-3-4-6-16(13)27-15)20-23(30)21(28)19(22(29)24(20)31)14-10-26-17-9-11(25)7-8-12(14)17/h3-10,26-28,31H,2H2,1H3. The van der Waals surface area contributed by atoms with E-state index < -0.39 is 23.1 Å². The third-order valence-electron chi connectivity index (χ3n) is 5.66. The van der Waals surface area contributed by atoms with Crippen LogP contribution in [0.3, 0.4) is 0 Å². The maximum absolute atomic E-state index is 13.3. The maximum atomic E-state index is 13.3. The molecule has 0 amide bonds. The van der Waals surface area contributed by atoms with Gasteiger partial charge in [-0.3, -0.25) is 9.59 Å². The molecule has 1 aliphatic carbocycles. The molecule has 1 aliphatic rings. The summed E-state index contributed by atoms with van der Waals surface area (Å²) in [6, 6.07) is 12.3. The molecule has 7 heteroatoms. The predicted molar refractivity (Wildman–Crippen MR) is 120 cm³/mol. The lowest BCUT2D eigenvalue weighted by molar-refractivity contribution is -0.116. The molecule has 6 nitrogen and oxygen atoms in total. The first-order chi connectivity index (χ1) is 14.9. The van der Waals surface area contributed by atoms with E-state index in [1.807, 2.05) is 25.1 Å². The number of carbonyl (C=O) groups excluding carboxylic acids is 2. The summed E-state index contributed by atoms with van der Waals surface area (Å²) in [6.45, 7) is 1.90. The number of hydrogen-bond acceptors (Lipinski definition) is 4. The zero-order valence-corrected chi connectivity index (χ0v) is 17.2. The van der Waals surface area contributed by atoms with Crippen molar-refractivity contribution in [3.63, 3.8) is 0 Å². The maximum Gasteiger partial charge on any atom is 0.232 e. The zero-order valence-electron chi connectivity index (χ0n) is 16.4. The van der Waals surface area contributed by atoms with E-state index in [-0.39, 0.29) is 11.1 Å². The molecule has 0 unspecified atom stereocenters. The molecule has 4 N–H and O–H groups in total. The molecule has 2 aromatic heterocycles. The van der Waals surface area contributed by atoms with Crippen molar-refractivity contribution in [2.75, 3.05) is 0 Å². The molecular formula is C24H17ClN2O4. The summed E-state index contributed by atoms with van der Waals surface area (Å²) in [7, 11) is 0. The number of Topliss-reactive ketones (excluding diaryl/α,β-unsaturated/α-hetero) is 2. The van der Waals surface area contributed by atoms with Gasteiger partial charge in [0, 0.05) is 49.8 Å². The number of H-pyrrole nitrogens is 2. The van der Waals surface area contributed by atoms with E-state index in [1.54, 1.807) is 24.3 Å². The van der Waals surface area contributed by atoms with Crippen molar-refractivity contribution in [1.29, 1.82) is 0 Å². The molecule has 0 radical (unpaired) electrons. The van der Waals surface area contributed by atoms with Gasteiger partial charge in [0.2, 0.25) is 11.6 Å². The molecule has 0 saturated heterocycles. The number of aromatic nitrogens is 2. The van der Waals surface area contributed by atoms with Crippen LogP contribution in [0.2, 0.25) is 5.02 Å². The van der Waals surface area contributed by atoms with Gasteiger partial charge in [-0.2, -0.15) is 0 Å². The summed E-state index contributed by atoms with van der Waals surface area (Å²) < 4.78 is 0. The van der Waals surface area contributed by atoms with Gasteiger partial charge in [-0.1, -0.05) is 42.8 Å². The highest BCUT2D eigenvalue weighted by Crippen LogP contribution is 2.40. The molecule has 31 heavy (non-hydrogen) atoms. The number of ketones is 2. The van der Waals surface area contributed by atoms with Crippen LogP contribution in [0.15, 0.2) is 60.2 Å². The summed E-state index contributed by atoms with van der Waals surface area (Å²) >= 11 is 6.02. The number of hydrogen-bond donors (Lipinski definition) is 4. The second-order valence-corrected chi connectivity index (χ2v) is 7.81. The minimum Gasteiger partial charge on any atom is -0.504 e. The number of aromatic amines is 2. The zero-order chi connectivity index (χ0) is 21.9. The smallest absolute Gasteiger partial charge is 0.232 e. The Bertz CT molecular complexity index is 1490. The number of halogens is 1. The number of aryl methyl sites for hydroxylation is 1. The van der Waals surface area contributed by atoms with Crippen LogP contribution in [-0.4, -0.2) is 31.7 Å². The Labute approximate surface area is 181 Å². The van der Waals surface area contributed by atoms with Crippen LogP contribution in [0.25, 0.3) is 33.0 Å². The van der Waals surface area contributed by atoms with Gasteiger partial charge in [0.1, 0.15) is 0 Å². The van der Waals surface area contributed by atoms with Crippen LogP contribution in [0, 0.1) is 0 Å². The van der Waals surface area contributed by atoms with Crippen LogP contribution in [-0.2, 0) is 16.0 Å². The highest BCUT2D eigenvalue weighted by atomic mass is 35.5. The molecular weight excluding hydrogens is 416 g/mol. The van der Waals surface area contributed by atoms with Crippen LogP contribution in [0.5, 0.6) is 0 Å². The molecule has 0 fully saturated rings. The molecule has 0 bridgehead atoms. The number of nitrogens with one attached hydrogen (secondary N) is 2. The number of aliphatic hydroxyl groups excluding tert-OH is 2. The van der Waals surface area contributed by atoms with Gasteiger partial charge in [0.05, 0.1) is 11.1 Å². The Balaban J connectivity index is 1.73. The van der Waals surface area contributed by atoms with Crippen molar-refractivity contribution >= 4 is 56.1 Å². The number of fused-ring (bicyclic) bond motifs is 2. The molecule has 0 atom stereocenters. The van der Waals surface area contributed by atoms with Gasteiger partial charge in [0.25, 0.3) is 0 Å². The number of aliphatic hydroxyl groups is 2. The van der Waals surface area contributed by atoms with Crippen LogP contribution in [0.4, 0.5) is 0 Å². The van der Waals surface area contributed by atoms with Crippen molar-refractivity contribution in [3.05, 3.63) is 82.0 Å². The van der Waals surface area contributed by atoms with E-state index in [0.29, 0.717) is 44.6 Å². The average Bonchev–Trinajstić information content (AvgIpc) is 3.34. The fraction of sp³-hybridized carbons (Fsp3) is 0.0833. The van der Waals surface area contributed by atoms with Gasteiger partial charge >= 0.3 is 0 Å². The van der Waals surface area contributed by atoms with Crippen LogP contribution < -0.4 is 0 Å².